The van der Waals surface area contributed by atoms with Crippen LogP contribution in [-0.4, -0.2) is 23.6 Å². The van der Waals surface area contributed by atoms with E-state index < -0.39 is 17.7 Å². The number of carbonyl (C=O) groups is 1. The third kappa shape index (κ3) is 2.35. The number of unbranched alkanes of at least 4 members (excludes halogenated alkanes) is 2. The molecule has 0 amide bonds. The predicted octanol–water partition coefficient (Wildman–Crippen LogP) is 3.96. The molecule has 5 nitrogen and oxygen atoms in total. The summed E-state index contributed by atoms with van der Waals surface area (Å²) in [6.45, 7) is 6.36. The van der Waals surface area contributed by atoms with E-state index in [1.165, 1.54) is 0 Å². The average Bonchev–Trinajstić information content (AvgIpc) is 2.78. The van der Waals surface area contributed by atoms with Crippen molar-refractivity contribution in [1.29, 1.82) is 0 Å². The molecule has 136 valence electrons. The summed E-state index contributed by atoms with van der Waals surface area (Å²) in [6.07, 6.45) is 7.55. The highest BCUT2D eigenvalue weighted by molar-refractivity contribution is 5.74. The molecule has 5 heteroatoms. The quantitative estimate of drug-likeness (QED) is 0.441. The summed E-state index contributed by atoms with van der Waals surface area (Å²) >= 11 is 0. The van der Waals surface area contributed by atoms with Crippen LogP contribution in [0.4, 0.5) is 0 Å². The van der Waals surface area contributed by atoms with Crippen LogP contribution < -0.4 is 0 Å². The minimum absolute atomic E-state index is 0.0857. The molecule has 4 aliphatic heterocycles. The van der Waals surface area contributed by atoms with Crippen molar-refractivity contribution >= 4 is 5.97 Å². The topological polar surface area (TPSA) is 54.0 Å². The van der Waals surface area contributed by atoms with Gasteiger partial charge < -0.3 is 9.47 Å². The zero-order valence-electron chi connectivity index (χ0n) is 15.1. The number of esters is 1. The number of hydrogen-bond acceptors (Lipinski definition) is 5. The first kappa shape index (κ1) is 16.8. The van der Waals surface area contributed by atoms with E-state index in [-0.39, 0.29) is 17.8 Å². The Bertz CT molecular complexity index is 508. The van der Waals surface area contributed by atoms with Crippen LogP contribution in [0, 0.1) is 23.7 Å². The lowest BCUT2D eigenvalue weighted by Crippen LogP contribution is -2.70. The molecule has 4 heterocycles. The number of hydrogen-bond donors (Lipinski definition) is 0. The summed E-state index contributed by atoms with van der Waals surface area (Å²) in [7, 11) is 0. The van der Waals surface area contributed by atoms with Crippen molar-refractivity contribution in [1.82, 2.24) is 0 Å². The van der Waals surface area contributed by atoms with Crippen molar-refractivity contribution in [2.24, 2.45) is 23.7 Å². The van der Waals surface area contributed by atoms with Crippen molar-refractivity contribution in [3.63, 3.8) is 0 Å². The summed E-state index contributed by atoms with van der Waals surface area (Å²) < 4.78 is 12.0. The van der Waals surface area contributed by atoms with Gasteiger partial charge in [-0.15, -0.1) is 0 Å². The van der Waals surface area contributed by atoms with E-state index in [2.05, 4.69) is 13.8 Å². The van der Waals surface area contributed by atoms with Gasteiger partial charge in [0.2, 0.25) is 12.1 Å². The van der Waals surface area contributed by atoms with E-state index in [1.807, 2.05) is 6.92 Å². The maximum Gasteiger partial charge on any atom is 0.311 e. The van der Waals surface area contributed by atoms with Gasteiger partial charge >= 0.3 is 5.97 Å². The second-order valence-electron chi connectivity index (χ2n) is 8.45. The van der Waals surface area contributed by atoms with E-state index in [4.69, 9.17) is 19.2 Å². The largest absolute Gasteiger partial charge is 0.432 e. The molecule has 4 unspecified atom stereocenters. The van der Waals surface area contributed by atoms with E-state index in [1.54, 1.807) is 0 Å². The molecular weight excluding hydrogens is 308 g/mol. The summed E-state index contributed by atoms with van der Waals surface area (Å²) in [5.74, 6) is 0.0193. The summed E-state index contributed by atoms with van der Waals surface area (Å²) in [4.78, 5) is 24.6. The van der Waals surface area contributed by atoms with Crippen molar-refractivity contribution in [2.45, 2.75) is 89.8 Å². The van der Waals surface area contributed by atoms with Crippen LogP contribution in [0.1, 0.15) is 72.1 Å². The monoisotopic (exact) mass is 338 g/mol. The summed E-state index contributed by atoms with van der Waals surface area (Å²) in [5.41, 5.74) is -0.613. The smallest absolute Gasteiger partial charge is 0.311 e. The highest BCUT2D eigenvalue weighted by atomic mass is 17.3. The molecule has 1 saturated carbocycles. The van der Waals surface area contributed by atoms with Gasteiger partial charge in [0.25, 0.3) is 0 Å². The highest BCUT2D eigenvalue weighted by Crippen LogP contribution is 2.60. The lowest BCUT2D eigenvalue weighted by Gasteiger charge is -2.58. The molecule has 0 aromatic carbocycles. The van der Waals surface area contributed by atoms with Gasteiger partial charge in [-0.2, -0.15) is 0 Å². The third-order valence-electron chi connectivity index (χ3n) is 6.91. The van der Waals surface area contributed by atoms with Crippen molar-refractivity contribution < 1.29 is 24.0 Å². The van der Waals surface area contributed by atoms with Gasteiger partial charge in [-0.1, -0.05) is 33.1 Å². The fraction of sp³-hybridized carbons (Fsp3) is 0.947. The molecule has 1 aliphatic carbocycles. The molecule has 2 bridgehead atoms. The Balaban J connectivity index is 1.69. The fourth-order valence-corrected chi connectivity index (χ4v) is 5.55. The molecule has 7 atom stereocenters. The normalized spacial score (nSPS) is 50.1. The highest BCUT2D eigenvalue weighted by Gasteiger charge is 2.70. The number of ether oxygens (including phenoxy) is 2. The average molecular weight is 338 g/mol. The summed E-state index contributed by atoms with van der Waals surface area (Å²) in [6, 6.07) is 0. The van der Waals surface area contributed by atoms with Gasteiger partial charge in [-0.25, -0.2) is 9.78 Å². The van der Waals surface area contributed by atoms with Gasteiger partial charge in [-0.05, 0) is 38.5 Å². The first-order valence-corrected chi connectivity index (χ1v) is 9.75. The number of fused-ring (bicyclic) bond motifs is 2. The van der Waals surface area contributed by atoms with Crippen molar-refractivity contribution in [3.05, 3.63) is 0 Å². The SMILES string of the molecule is CCCCC[C@H]1C(=O)OC2OC3(C)CC[C@H]4[C@H](C)CCC1C24OO3. The molecule has 0 N–H and O–H groups in total. The fourth-order valence-electron chi connectivity index (χ4n) is 5.55. The minimum Gasteiger partial charge on any atom is -0.432 e. The van der Waals surface area contributed by atoms with Crippen molar-refractivity contribution in [3.8, 4) is 0 Å². The Hall–Kier alpha value is -0.650. The second kappa shape index (κ2) is 5.96. The molecular formula is C19H30O5. The molecule has 5 rings (SSSR count). The van der Waals surface area contributed by atoms with Crippen LogP contribution in [0.2, 0.25) is 0 Å². The van der Waals surface area contributed by atoms with Crippen LogP contribution >= 0.6 is 0 Å². The first-order valence-electron chi connectivity index (χ1n) is 9.75. The zero-order chi connectivity index (χ0) is 16.9. The van der Waals surface area contributed by atoms with Crippen LogP contribution in [0.15, 0.2) is 0 Å². The minimum atomic E-state index is -0.799. The number of carbonyl (C=O) groups excluding carboxylic acids is 1. The molecule has 1 spiro atoms. The maximum atomic E-state index is 12.7. The standard InChI is InChI=1S/C19H30O5/c1-4-5-6-7-13-15-9-8-12(2)14-10-11-18(3)22-17(21-16(13)20)19(14,15)24-23-18/h12-15,17H,4-11H2,1-3H3/t12-,13-,14+,15?,17?,18?,19?/m1/s1. The van der Waals surface area contributed by atoms with E-state index >= 15 is 0 Å². The van der Waals surface area contributed by atoms with E-state index in [0.717, 1.165) is 51.4 Å². The maximum absolute atomic E-state index is 12.7. The zero-order valence-corrected chi connectivity index (χ0v) is 15.1. The lowest BCUT2D eigenvalue weighted by molar-refractivity contribution is -0.559. The molecule has 4 saturated heterocycles. The van der Waals surface area contributed by atoms with Crippen LogP contribution in [0.3, 0.4) is 0 Å². The first-order chi connectivity index (χ1) is 11.5. The molecule has 5 fully saturated rings. The van der Waals surface area contributed by atoms with Gasteiger partial charge in [0.15, 0.2) is 5.60 Å². The number of rotatable bonds is 4. The van der Waals surface area contributed by atoms with Crippen LogP contribution in [0.25, 0.3) is 0 Å². The van der Waals surface area contributed by atoms with Crippen molar-refractivity contribution in [2.75, 3.05) is 0 Å². The Labute approximate surface area is 144 Å². The Kier molecular flexibility index (Phi) is 4.17. The molecule has 0 radical (unpaired) electrons. The summed E-state index contributed by atoms with van der Waals surface area (Å²) in [5, 5.41) is 0. The van der Waals surface area contributed by atoms with Gasteiger partial charge in [0.1, 0.15) is 0 Å². The Morgan fingerprint density at radius 3 is 2.75 bits per heavy atom. The van der Waals surface area contributed by atoms with E-state index in [0.29, 0.717) is 11.8 Å². The van der Waals surface area contributed by atoms with Gasteiger partial charge in [-0.3, -0.25) is 4.79 Å². The Morgan fingerprint density at radius 1 is 1.12 bits per heavy atom. The Morgan fingerprint density at radius 2 is 1.96 bits per heavy atom. The van der Waals surface area contributed by atoms with Crippen LogP contribution in [-0.2, 0) is 24.0 Å². The van der Waals surface area contributed by atoms with E-state index in [9.17, 15) is 4.79 Å². The molecule has 5 aliphatic rings. The van der Waals surface area contributed by atoms with Gasteiger partial charge in [0, 0.05) is 18.3 Å². The third-order valence-corrected chi connectivity index (χ3v) is 6.91. The molecule has 0 aromatic heterocycles. The molecule has 24 heavy (non-hydrogen) atoms. The van der Waals surface area contributed by atoms with Gasteiger partial charge in [0.05, 0.1) is 5.92 Å². The lowest BCUT2D eigenvalue weighted by atomic mass is 9.57. The second-order valence-corrected chi connectivity index (χ2v) is 8.45. The predicted molar refractivity (Wildman–Crippen MR) is 86.5 cm³/mol. The van der Waals surface area contributed by atoms with Crippen LogP contribution in [0.5, 0.6) is 0 Å². The molecule has 0 aromatic rings.